The predicted octanol–water partition coefficient (Wildman–Crippen LogP) is 0.388. The van der Waals surface area contributed by atoms with E-state index in [4.69, 9.17) is 4.74 Å². The zero-order chi connectivity index (χ0) is 16.4. The predicted molar refractivity (Wildman–Crippen MR) is 89.1 cm³/mol. The van der Waals surface area contributed by atoms with Crippen LogP contribution in [0.25, 0.3) is 0 Å². The smallest absolute Gasteiger partial charge is 0.248 e. The van der Waals surface area contributed by atoms with Crippen LogP contribution in [0.4, 0.5) is 0 Å². The fourth-order valence-electron chi connectivity index (χ4n) is 3.53. The van der Waals surface area contributed by atoms with E-state index in [9.17, 15) is 4.79 Å². The minimum atomic E-state index is 0.0419. The van der Waals surface area contributed by atoms with Crippen molar-refractivity contribution < 1.29 is 9.53 Å². The molecule has 2 fully saturated rings. The summed E-state index contributed by atoms with van der Waals surface area (Å²) in [4.78, 5) is 18.3. The number of carbonyl (C=O) groups is 1. The Morgan fingerprint density at radius 2 is 2.17 bits per heavy atom. The minimum Gasteiger partial charge on any atom is -0.367 e. The van der Waals surface area contributed by atoms with Crippen molar-refractivity contribution in [2.75, 3.05) is 46.9 Å². The van der Waals surface area contributed by atoms with Crippen LogP contribution in [-0.4, -0.2) is 84.2 Å². The lowest BCUT2D eigenvalue weighted by Crippen LogP contribution is -2.49. The molecule has 0 bridgehead atoms. The number of piperazine rings is 1. The summed E-state index contributed by atoms with van der Waals surface area (Å²) < 4.78 is 8.02. The van der Waals surface area contributed by atoms with Gasteiger partial charge in [-0.2, -0.15) is 0 Å². The van der Waals surface area contributed by atoms with E-state index in [2.05, 4.69) is 39.7 Å². The first-order valence-electron chi connectivity index (χ1n) is 8.41. The van der Waals surface area contributed by atoms with E-state index in [-0.39, 0.29) is 18.6 Å². The second-order valence-corrected chi connectivity index (χ2v) is 6.95. The molecule has 1 aromatic rings. The Balaban J connectivity index is 1.48. The van der Waals surface area contributed by atoms with Crippen LogP contribution in [0.3, 0.4) is 0 Å². The van der Waals surface area contributed by atoms with Crippen LogP contribution in [0.2, 0.25) is 0 Å². The van der Waals surface area contributed by atoms with Crippen molar-refractivity contribution in [1.82, 2.24) is 19.3 Å². The highest BCUT2D eigenvalue weighted by Gasteiger charge is 2.36. The maximum Gasteiger partial charge on any atom is 0.248 e. The number of amides is 1. The fourth-order valence-corrected chi connectivity index (χ4v) is 3.53. The van der Waals surface area contributed by atoms with Crippen molar-refractivity contribution >= 4 is 5.91 Å². The van der Waals surface area contributed by atoms with Gasteiger partial charge in [0.25, 0.3) is 0 Å². The first-order chi connectivity index (χ1) is 11.0. The van der Waals surface area contributed by atoms with Crippen LogP contribution in [0.1, 0.15) is 12.1 Å². The molecule has 2 saturated heterocycles. The number of nitrogens with zero attached hydrogens (tertiary/aromatic N) is 4. The molecule has 0 radical (unpaired) electrons. The van der Waals surface area contributed by atoms with Crippen LogP contribution in [0.15, 0.2) is 18.3 Å². The number of fused-ring (bicyclic) bond motifs is 1. The quantitative estimate of drug-likeness (QED) is 0.787. The molecule has 1 aromatic heterocycles. The average Bonchev–Trinajstić information content (AvgIpc) is 3.10. The Morgan fingerprint density at radius 3 is 2.87 bits per heavy atom. The minimum absolute atomic E-state index is 0.0419. The van der Waals surface area contributed by atoms with E-state index >= 15 is 0 Å². The fraction of sp³-hybridized carbons (Fsp3) is 0.706. The zero-order valence-electron chi connectivity index (χ0n) is 14.4. The third kappa shape index (κ3) is 3.94. The van der Waals surface area contributed by atoms with Crippen molar-refractivity contribution in [2.45, 2.75) is 25.1 Å². The first kappa shape index (κ1) is 16.5. The van der Waals surface area contributed by atoms with Crippen molar-refractivity contribution in [3.8, 4) is 0 Å². The highest BCUT2D eigenvalue weighted by atomic mass is 16.5. The third-order valence-corrected chi connectivity index (χ3v) is 5.04. The van der Waals surface area contributed by atoms with Crippen LogP contribution >= 0.6 is 0 Å². The molecule has 0 aromatic carbocycles. The van der Waals surface area contributed by atoms with Crippen LogP contribution in [0.5, 0.6) is 0 Å². The summed E-state index contributed by atoms with van der Waals surface area (Å²) in [5.74, 6) is 0.0419. The van der Waals surface area contributed by atoms with Gasteiger partial charge in [0.05, 0.1) is 6.10 Å². The molecule has 6 heteroatoms. The molecule has 0 saturated carbocycles. The Bertz CT molecular complexity index is 542. The summed E-state index contributed by atoms with van der Waals surface area (Å²) in [6.07, 6.45) is 3.33. The first-order valence-corrected chi connectivity index (χ1v) is 8.41. The molecule has 2 aliphatic heterocycles. The molecular weight excluding hydrogens is 292 g/mol. The van der Waals surface area contributed by atoms with Gasteiger partial charge >= 0.3 is 0 Å². The lowest BCUT2D eigenvalue weighted by molar-refractivity contribution is -0.135. The van der Waals surface area contributed by atoms with Gasteiger partial charge in [-0.25, -0.2) is 0 Å². The van der Waals surface area contributed by atoms with E-state index in [1.807, 2.05) is 0 Å². The number of rotatable bonds is 5. The van der Waals surface area contributed by atoms with E-state index in [1.54, 1.807) is 19.0 Å². The summed E-state index contributed by atoms with van der Waals surface area (Å²) in [5, 5.41) is 0. The largest absolute Gasteiger partial charge is 0.367 e. The van der Waals surface area contributed by atoms with E-state index in [0.717, 1.165) is 39.1 Å². The van der Waals surface area contributed by atoms with Crippen molar-refractivity contribution in [1.29, 1.82) is 0 Å². The van der Waals surface area contributed by atoms with Gasteiger partial charge in [-0.1, -0.05) is 0 Å². The van der Waals surface area contributed by atoms with Crippen molar-refractivity contribution in [3.63, 3.8) is 0 Å². The zero-order valence-corrected chi connectivity index (χ0v) is 14.4. The number of aromatic nitrogens is 1. The number of carbonyl (C=O) groups excluding carboxylic acids is 1. The van der Waals surface area contributed by atoms with Gasteiger partial charge in [0, 0.05) is 71.8 Å². The van der Waals surface area contributed by atoms with E-state index < -0.39 is 0 Å². The van der Waals surface area contributed by atoms with Gasteiger partial charge in [0.1, 0.15) is 6.61 Å². The topological polar surface area (TPSA) is 41.0 Å². The summed E-state index contributed by atoms with van der Waals surface area (Å²) in [7, 11) is 5.64. The highest BCUT2D eigenvalue weighted by molar-refractivity contribution is 5.76. The molecule has 0 N–H and O–H groups in total. The van der Waals surface area contributed by atoms with Gasteiger partial charge < -0.3 is 14.2 Å². The SMILES string of the molecule is CN(C)C(=O)CO[C@@H]1C[C@H]2CN(Cc3cccn3C)CCN2C1. The van der Waals surface area contributed by atoms with Crippen molar-refractivity contribution in [2.24, 2.45) is 7.05 Å². The van der Waals surface area contributed by atoms with Gasteiger partial charge in [0.15, 0.2) is 0 Å². The number of ether oxygens (including phenoxy) is 1. The lowest BCUT2D eigenvalue weighted by atomic mass is 10.1. The Morgan fingerprint density at radius 1 is 1.35 bits per heavy atom. The van der Waals surface area contributed by atoms with Gasteiger partial charge in [-0.15, -0.1) is 0 Å². The van der Waals surface area contributed by atoms with Crippen LogP contribution < -0.4 is 0 Å². The summed E-state index contributed by atoms with van der Waals surface area (Å²) in [5.41, 5.74) is 1.36. The lowest BCUT2D eigenvalue weighted by Gasteiger charge is -2.37. The second kappa shape index (κ2) is 7.03. The van der Waals surface area contributed by atoms with E-state index in [0.29, 0.717) is 6.04 Å². The number of likely N-dealkylation sites (N-methyl/N-ethyl adjacent to an activating group) is 1. The standard InChI is InChI=1S/C17H28N4O2/c1-18(2)17(22)13-23-16-9-15-11-20(7-8-21(15)12-16)10-14-5-4-6-19(14)3/h4-6,15-16H,7-13H2,1-3H3/t15-,16+/m0/s1. The van der Waals surface area contributed by atoms with Crippen molar-refractivity contribution in [3.05, 3.63) is 24.0 Å². The molecule has 2 aliphatic rings. The van der Waals surface area contributed by atoms with Crippen LogP contribution in [0, 0.1) is 0 Å². The normalized spacial score (nSPS) is 25.5. The number of aryl methyl sites for hydroxylation is 1. The van der Waals surface area contributed by atoms with Crippen LogP contribution in [-0.2, 0) is 23.1 Å². The summed E-state index contributed by atoms with van der Waals surface area (Å²) in [6.45, 7) is 5.46. The van der Waals surface area contributed by atoms with Gasteiger partial charge in [-0.3, -0.25) is 14.6 Å². The number of hydrogen-bond donors (Lipinski definition) is 0. The summed E-state index contributed by atoms with van der Waals surface area (Å²) in [6, 6.07) is 4.86. The highest BCUT2D eigenvalue weighted by Crippen LogP contribution is 2.25. The third-order valence-electron chi connectivity index (χ3n) is 5.04. The second-order valence-electron chi connectivity index (χ2n) is 6.95. The van der Waals surface area contributed by atoms with E-state index in [1.165, 1.54) is 5.69 Å². The monoisotopic (exact) mass is 320 g/mol. The molecule has 3 rings (SSSR count). The molecule has 1 amide bonds. The molecule has 2 atom stereocenters. The van der Waals surface area contributed by atoms with Gasteiger partial charge in [-0.05, 0) is 18.6 Å². The molecule has 6 nitrogen and oxygen atoms in total. The Labute approximate surface area is 138 Å². The maximum atomic E-state index is 11.7. The molecule has 3 heterocycles. The average molecular weight is 320 g/mol. The molecule has 0 unspecified atom stereocenters. The molecule has 0 spiro atoms. The molecule has 23 heavy (non-hydrogen) atoms. The maximum absolute atomic E-state index is 11.7. The Hall–Kier alpha value is -1.37. The molecule has 128 valence electrons. The molecule has 0 aliphatic carbocycles. The van der Waals surface area contributed by atoms with Gasteiger partial charge in [0.2, 0.25) is 5.91 Å². The number of hydrogen-bond acceptors (Lipinski definition) is 4. The Kier molecular flexibility index (Phi) is 5.04. The summed E-state index contributed by atoms with van der Waals surface area (Å²) >= 11 is 0. The molecular formula is C17H28N4O2.